The molecule has 0 aliphatic carbocycles. The van der Waals surface area contributed by atoms with Gasteiger partial charge in [-0.25, -0.2) is 4.39 Å². The van der Waals surface area contributed by atoms with Crippen LogP contribution in [0, 0.1) is 0 Å². The monoisotopic (exact) mass is 89.0 g/mol. The highest BCUT2D eigenvalue weighted by molar-refractivity contribution is 4.80. The zero-order valence-electron chi connectivity index (χ0n) is 3.57. The molecule has 0 rings (SSSR count). The number of halogens is 1. The molecule has 0 heterocycles. The molecule has 0 N–H and O–H groups in total. The first kappa shape index (κ1) is 5.47. The van der Waals surface area contributed by atoms with E-state index in [-0.39, 0.29) is 12.7 Å². The van der Waals surface area contributed by atoms with Crippen molar-refractivity contribution in [3.8, 4) is 0 Å². The second-order valence-electron chi connectivity index (χ2n) is 0.918. The predicted molar refractivity (Wildman–Crippen MR) is 20.2 cm³/mol. The fraction of sp³-hybridized carbons (Fsp3) is 0.500. The average Bonchev–Trinajstić information content (AvgIpc) is 1.65. The highest BCUT2D eigenvalue weighted by Gasteiger charge is 1.83. The Morgan fingerprint density at radius 3 is 2.50 bits per heavy atom. The third kappa shape index (κ3) is 1.76. The third-order valence-corrected chi connectivity index (χ3v) is 0.466. The molecular weight excluding hydrogens is 83.0 g/mol. The van der Waals surface area contributed by atoms with Gasteiger partial charge in [-0.15, -0.1) is 0 Å². The molecule has 1 radical (unpaired) electrons. The summed E-state index contributed by atoms with van der Waals surface area (Å²) in [7, 11) is 0. The third-order valence-electron chi connectivity index (χ3n) is 0.466. The summed E-state index contributed by atoms with van der Waals surface area (Å²) in [4.78, 5) is 0. The summed E-state index contributed by atoms with van der Waals surface area (Å²) in [6.45, 7) is 1.59. The van der Waals surface area contributed by atoms with E-state index in [0.29, 0.717) is 0 Å². The first-order valence-corrected chi connectivity index (χ1v) is 1.77. The minimum Gasteiger partial charge on any atom is -0.296 e. The SMILES string of the molecule is CCC(F)=C[O]. The lowest BCUT2D eigenvalue weighted by atomic mass is 10.4. The quantitative estimate of drug-likeness (QED) is 0.435. The van der Waals surface area contributed by atoms with Crippen LogP contribution in [0.2, 0.25) is 0 Å². The molecule has 35 valence electrons. The van der Waals surface area contributed by atoms with Crippen molar-refractivity contribution in [1.82, 2.24) is 0 Å². The molecule has 0 fully saturated rings. The molecule has 0 unspecified atom stereocenters. The number of hydrogen-bond donors (Lipinski definition) is 0. The molecule has 6 heavy (non-hydrogen) atoms. The van der Waals surface area contributed by atoms with Crippen molar-refractivity contribution < 1.29 is 9.50 Å². The topological polar surface area (TPSA) is 19.9 Å². The molecule has 0 atom stereocenters. The summed E-state index contributed by atoms with van der Waals surface area (Å²) in [6.07, 6.45) is 0.434. The van der Waals surface area contributed by atoms with Crippen molar-refractivity contribution >= 4 is 0 Å². The molecule has 1 nitrogen and oxygen atoms in total. The van der Waals surface area contributed by atoms with Crippen molar-refractivity contribution in [2.75, 3.05) is 0 Å². The van der Waals surface area contributed by atoms with Crippen LogP contribution in [0.1, 0.15) is 13.3 Å². The van der Waals surface area contributed by atoms with Crippen molar-refractivity contribution in [2.45, 2.75) is 13.3 Å². The van der Waals surface area contributed by atoms with E-state index in [1.165, 1.54) is 0 Å². The van der Waals surface area contributed by atoms with Gasteiger partial charge in [-0.1, -0.05) is 6.92 Å². The van der Waals surface area contributed by atoms with Crippen LogP contribution >= 0.6 is 0 Å². The highest BCUT2D eigenvalue weighted by Crippen LogP contribution is 1.97. The summed E-state index contributed by atoms with van der Waals surface area (Å²) in [6, 6.07) is 0. The standard InChI is InChI=1S/C4H6FO/c1-2-4(5)3-6/h3H,2H2,1H3. The smallest absolute Gasteiger partial charge is 0.174 e. The maximum atomic E-state index is 11.4. The van der Waals surface area contributed by atoms with Crippen LogP contribution in [0.5, 0.6) is 0 Å². The van der Waals surface area contributed by atoms with Gasteiger partial charge in [0.05, 0.1) is 0 Å². The lowest BCUT2D eigenvalue weighted by molar-refractivity contribution is 0.330. The fourth-order valence-corrected chi connectivity index (χ4v) is 0.0833. The van der Waals surface area contributed by atoms with Crippen LogP contribution < -0.4 is 0 Å². The van der Waals surface area contributed by atoms with E-state index >= 15 is 0 Å². The molecule has 0 aromatic rings. The second kappa shape index (κ2) is 2.69. The Morgan fingerprint density at radius 1 is 2.00 bits per heavy atom. The highest BCUT2D eigenvalue weighted by atomic mass is 19.1. The van der Waals surface area contributed by atoms with Gasteiger partial charge in [-0.3, -0.25) is 5.11 Å². The summed E-state index contributed by atoms with van der Waals surface area (Å²) in [5.41, 5.74) is 0. The minimum absolute atomic E-state index is 0.212. The lowest BCUT2D eigenvalue weighted by Gasteiger charge is -1.76. The average molecular weight is 89.1 g/mol. The molecule has 0 aromatic heterocycles. The molecule has 0 spiro atoms. The van der Waals surface area contributed by atoms with Gasteiger partial charge in [0.25, 0.3) is 0 Å². The first-order valence-electron chi connectivity index (χ1n) is 1.77. The van der Waals surface area contributed by atoms with Gasteiger partial charge in [0.15, 0.2) is 6.26 Å². The van der Waals surface area contributed by atoms with Gasteiger partial charge in [0.2, 0.25) is 0 Å². The Bertz CT molecular complexity index is 58.6. The molecular formula is C4H6FO. The van der Waals surface area contributed by atoms with Gasteiger partial charge in [0.1, 0.15) is 5.83 Å². The zero-order chi connectivity index (χ0) is 4.99. The van der Waals surface area contributed by atoms with Gasteiger partial charge in [-0.05, 0) is 6.42 Å². The van der Waals surface area contributed by atoms with Crippen LogP contribution in [-0.4, -0.2) is 0 Å². The Morgan fingerprint density at radius 2 is 2.50 bits per heavy atom. The summed E-state index contributed by atoms with van der Waals surface area (Å²) in [5.74, 6) is -0.588. The predicted octanol–water partition coefficient (Wildman–Crippen LogP) is 1.64. The lowest BCUT2D eigenvalue weighted by Crippen LogP contribution is -1.62. The van der Waals surface area contributed by atoms with E-state index < -0.39 is 5.83 Å². The second-order valence-corrected chi connectivity index (χ2v) is 0.918. The van der Waals surface area contributed by atoms with E-state index in [4.69, 9.17) is 0 Å². The summed E-state index contributed by atoms with van der Waals surface area (Å²) < 4.78 is 11.4. The van der Waals surface area contributed by atoms with Crippen LogP contribution in [-0.2, 0) is 5.11 Å². The van der Waals surface area contributed by atoms with Gasteiger partial charge < -0.3 is 0 Å². The van der Waals surface area contributed by atoms with Gasteiger partial charge >= 0.3 is 0 Å². The molecule has 0 saturated heterocycles. The normalized spacial score (nSPS) is 12.0. The molecule has 0 aromatic carbocycles. The first-order chi connectivity index (χ1) is 2.81. The number of rotatable bonds is 1. The van der Waals surface area contributed by atoms with E-state index in [1.807, 2.05) is 0 Å². The Hall–Kier alpha value is -0.530. The van der Waals surface area contributed by atoms with E-state index in [2.05, 4.69) is 0 Å². The van der Waals surface area contributed by atoms with Crippen LogP contribution in [0.15, 0.2) is 12.1 Å². The summed E-state index contributed by atoms with van der Waals surface area (Å²) in [5, 5.41) is 9.32. The molecule has 0 saturated carbocycles. The fourth-order valence-electron chi connectivity index (χ4n) is 0.0833. The number of hydrogen-bond acceptors (Lipinski definition) is 0. The molecule has 0 bridgehead atoms. The van der Waals surface area contributed by atoms with E-state index in [0.717, 1.165) is 0 Å². The summed E-state index contributed by atoms with van der Waals surface area (Å²) >= 11 is 0. The Balaban J connectivity index is 3.22. The van der Waals surface area contributed by atoms with Crippen LogP contribution in [0.3, 0.4) is 0 Å². The van der Waals surface area contributed by atoms with E-state index in [1.54, 1.807) is 6.92 Å². The largest absolute Gasteiger partial charge is 0.296 e. The molecule has 0 aliphatic heterocycles. The maximum absolute atomic E-state index is 11.4. The van der Waals surface area contributed by atoms with Crippen molar-refractivity contribution in [2.24, 2.45) is 0 Å². The van der Waals surface area contributed by atoms with Crippen molar-refractivity contribution in [3.63, 3.8) is 0 Å². The van der Waals surface area contributed by atoms with Crippen molar-refractivity contribution in [1.29, 1.82) is 0 Å². The zero-order valence-corrected chi connectivity index (χ0v) is 3.57. The minimum atomic E-state index is -0.588. The van der Waals surface area contributed by atoms with Crippen LogP contribution in [0.4, 0.5) is 4.39 Å². The molecule has 2 heteroatoms. The molecule has 0 aliphatic rings. The number of allylic oxidation sites excluding steroid dienone is 1. The Labute approximate surface area is 36.1 Å². The van der Waals surface area contributed by atoms with Gasteiger partial charge in [-0.2, -0.15) is 0 Å². The maximum Gasteiger partial charge on any atom is 0.174 e. The Kier molecular flexibility index (Phi) is 2.46. The van der Waals surface area contributed by atoms with Crippen molar-refractivity contribution in [3.05, 3.63) is 12.1 Å². The van der Waals surface area contributed by atoms with Crippen LogP contribution in [0.25, 0.3) is 0 Å². The molecule has 0 amide bonds. The van der Waals surface area contributed by atoms with E-state index in [9.17, 15) is 9.50 Å². The van der Waals surface area contributed by atoms with Gasteiger partial charge in [0, 0.05) is 0 Å².